The van der Waals surface area contributed by atoms with Crippen LogP contribution in [0.15, 0.2) is 24.6 Å². The van der Waals surface area contributed by atoms with E-state index in [0.717, 1.165) is 10.5 Å². The van der Waals surface area contributed by atoms with Crippen LogP contribution in [0.3, 0.4) is 0 Å². The first kappa shape index (κ1) is 15.4. The van der Waals surface area contributed by atoms with Crippen LogP contribution in [0.4, 0.5) is 0 Å². The smallest absolute Gasteiger partial charge is 0.285 e. The Kier molecular flexibility index (Phi) is 15.3. The number of hydrogen-bond acceptors (Lipinski definition) is 3. The average Bonchev–Trinajstić information content (AvgIpc) is 2.05. The summed E-state index contributed by atoms with van der Waals surface area (Å²) in [4.78, 5) is 0. The van der Waals surface area contributed by atoms with Crippen molar-refractivity contribution in [3.05, 3.63) is 24.6 Å². The summed E-state index contributed by atoms with van der Waals surface area (Å²) in [6.45, 7) is 7.30. The van der Waals surface area contributed by atoms with E-state index in [2.05, 4.69) is 13.2 Å². The molecule has 0 radical (unpaired) electrons. The Morgan fingerprint density at radius 2 is 1.83 bits per heavy atom. The van der Waals surface area contributed by atoms with Crippen LogP contribution < -0.4 is 0 Å². The van der Waals surface area contributed by atoms with Gasteiger partial charge in [0.15, 0.2) is 0 Å². The van der Waals surface area contributed by atoms with Crippen LogP contribution in [0, 0.1) is 0 Å². The summed E-state index contributed by atoms with van der Waals surface area (Å²) in [6, 6.07) is 0. The zero-order valence-corrected chi connectivity index (χ0v) is 15.4. The largest absolute Gasteiger partial charge is 0.449 e. The Labute approximate surface area is 97.2 Å². The van der Waals surface area contributed by atoms with Gasteiger partial charge in [-0.1, -0.05) is 11.4 Å². The SMILES string of the molecule is C=C[SiH](C=C)O[SiH2]O[SiH2]O[SiH3].[Pt]. The van der Waals surface area contributed by atoms with E-state index >= 15 is 0 Å². The first-order valence-electron chi connectivity index (χ1n) is 3.28. The summed E-state index contributed by atoms with van der Waals surface area (Å²) in [5, 5.41) is 0. The van der Waals surface area contributed by atoms with Crippen molar-refractivity contribution in [1.29, 1.82) is 0 Å². The maximum Gasteiger partial charge on any atom is 0.285 e. The summed E-state index contributed by atoms with van der Waals surface area (Å²) >= 11 is 0. The fourth-order valence-electron chi connectivity index (χ4n) is 0.476. The van der Waals surface area contributed by atoms with Crippen LogP contribution in [-0.4, -0.2) is 39.5 Å². The van der Waals surface area contributed by atoms with Gasteiger partial charge in [-0.05, 0) is 0 Å². The summed E-state index contributed by atoms with van der Waals surface area (Å²) in [5.41, 5.74) is 3.68. The van der Waals surface area contributed by atoms with Crippen LogP contribution >= 0.6 is 0 Å². The minimum Gasteiger partial charge on any atom is -0.449 e. The van der Waals surface area contributed by atoms with E-state index in [1.54, 1.807) is 0 Å². The van der Waals surface area contributed by atoms with Crippen molar-refractivity contribution in [2.75, 3.05) is 0 Å². The Morgan fingerprint density at radius 1 is 1.25 bits per heavy atom. The Balaban J connectivity index is 0. The predicted octanol–water partition coefficient (Wildman–Crippen LogP) is -2.51. The topological polar surface area (TPSA) is 27.7 Å². The third-order valence-electron chi connectivity index (χ3n) is 1.01. The quantitative estimate of drug-likeness (QED) is 0.338. The molecular weight excluding hydrogens is 403 g/mol. The van der Waals surface area contributed by atoms with Crippen molar-refractivity contribution < 1.29 is 33.4 Å². The number of rotatable bonds is 7. The fourth-order valence-corrected chi connectivity index (χ4v) is 6.08. The van der Waals surface area contributed by atoms with E-state index in [1.807, 2.05) is 11.4 Å². The molecule has 0 aliphatic carbocycles. The molecule has 0 bridgehead atoms. The molecule has 0 unspecified atom stereocenters. The van der Waals surface area contributed by atoms with E-state index in [-0.39, 0.29) is 21.1 Å². The van der Waals surface area contributed by atoms with Crippen LogP contribution in [0.1, 0.15) is 0 Å². The van der Waals surface area contributed by atoms with Gasteiger partial charge in [0.2, 0.25) is 9.04 Å². The second-order valence-electron chi connectivity index (χ2n) is 1.83. The van der Waals surface area contributed by atoms with Crippen molar-refractivity contribution >= 4 is 39.5 Å². The molecule has 12 heavy (non-hydrogen) atoms. The number of hydrogen-bond donors (Lipinski definition) is 0. The minimum absolute atomic E-state index is 0. The molecule has 0 aromatic rings. The van der Waals surface area contributed by atoms with Gasteiger partial charge < -0.3 is 12.3 Å². The van der Waals surface area contributed by atoms with E-state index in [4.69, 9.17) is 12.3 Å². The van der Waals surface area contributed by atoms with Gasteiger partial charge >= 0.3 is 0 Å². The monoisotopic (exact) mass is 417 g/mol. The Morgan fingerprint density at radius 3 is 2.25 bits per heavy atom. The summed E-state index contributed by atoms with van der Waals surface area (Å²) < 4.78 is 15.6. The third kappa shape index (κ3) is 9.01. The molecule has 0 atom stereocenters. The zero-order valence-electron chi connectivity index (χ0n) is 7.10. The van der Waals surface area contributed by atoms with Gasteiger partial charge in [-0.2, -0.15) is 0 Å². The van der Waals surface area contributed by atoms with Gasteiger partial charge in [-0.25, -0.2) is 0 Å². The van der Waals surface area contributed by atoms with Crippen molar-refractivity contribution in [2.24, 2.45) is 0 Å². The first-order valence-corrected chi connectivity index (χ1v) is 8.21. The summed E-state index contributed by atoms with van der Waals surface area (Å²) in [5.74, 6) is 0. The summed E-state index contributed by atoms with van der Waals surface area (Å²) in [7, 11) is -1.99. The molecule has 3 nitrogen and oxygen atoms in total. The molecule has 0 rings (SSSR count). The van der Waals surface area contributed by atoms with Crippen molar-refractivity contribution in [2.45, 2.75) is 0 Å². The molecule has 0 aliphatic heterocycles. The molecular formula is C4H14O3PtSi4. The van der Waals surface area contributed by atoms with Gasteiger partial charge in [0, 0.05) is 21.1 Å². The van der Waals surface area contributed by atoms with Crippen molar-refractivity contribution in [3.63, 3.8) is 0 Å². The minimum atomic E-state index is -1.29. The Hall–Kier alpha value is 0.916. The molecule has 0 saturated heterocycles. The van der Waals surface area contributed by atoms with Gasteiger partial charge in [0.25, 0.3) is 20.0 Å². The van der Waals surface area contributed by atoms with Crippen LogP contribution in [0.25, 0.3) is 0 Å². The standard InChI is InChI=1S/C4H14O3Si4.Pt/c1-3-11(4-2)7-10-6-9-5-8;/h3-4,11H,1-2,9-10H2,8H3;. The molecule has 0 aromatic carbocycles. The predicted molar refractivity (Wildman–Crippen MR) is 57.8 cm³/mol. The molecule has 74 valence electrons. The molecule has 8 heteroatoms. The van der Waals surface area contributed by atoms with E-state index < -0.39 is 29.1 Å². The fraction of sp³-hybridized carbons (Fsp3) is 0. The molecule has 0 aromatic heterocycles. The Bertz CT molecular complexity index is 117. The molecule has 0 saturated carbocycles. The van der Waals surface area contributed by atoms with Crippen molar-refractivity contribution in [1.82, 2.24) is 0 Å². The molecule has 0 N–H and O–H groups in total. The zero-order chi connectivity index (χ0) is 8.53. The molecule has 0 aliphatic rings. The molecule has 0 amide bonds. The maximum absolute atomic E-state index is 5.43. The van der Waals surface area contributed by atoms with Gasteiger partial charge in [-0.15, -0.1) is 13.2 Å². The van der Waals surface area contributed by atoms with E-state index in [0.29, 0.717) is 0 Å². The second kappa shape index (κ2) is 11.9. The van der Waals surface area contributed by atoms with Crippen molar-refractivity contribution in [3.8, 4) is 0 Å². The molecule has 0 fully saturated rings. The van der Waals surface area contributed by atoms with E-state index in [9.17, 15) is 0 Å². The van der Waals surface area contributed by atoms with Crippen LogP contribution in [0.2, 0.25) is 0 Å². The molecule has 0 spiro atoms. The van der Waals surface area contributed by atoms with Crippen LogP contribution in [-0.2, 0) is 33.4 Å². The summed E-state index contributed by atoms with van der Waals surface area (Å²) in [6.07, 6.45) is 0. The van der Waals surface area contributed by atoms with Gasteiger partial charge in [-0.3, -0.25) is 0 Å². The van der Waals surface area contributed by atoms with Gasteiger partial charge in [0.1, 0.15) is 10.5 Å². The van der Waals surface area contributed by atoms with E-state index in [1.165, 1.54) is 0 Å². The third-order valence-corrected chi connectivity index (χ3v) is 6.30. The second-order valence-corrected chi connectivity index (χ2v) is 9.45. The average molecular weight is 418 g/mol. The first-order chi connectivity index (χ1) is 5.35. The van der Waals surface area contributed by atoms with Crippen LogP contribution in [0.5, 0.6) is 0 Å². The normalized spacial score (nSPS) is 11.4. The van der Waals surface area contributed by atoms with Gasteiger partial charge in [0.05, 0.1) is 0 Å². The maximum atomic E-state index is 5.43. The molecule has 0 heterocycles.